The molecule has 2 atom stereocenters. The van der Waals surface area contributed by atoms with Crippen LogP contribution in [0.1, 0.15) is 50.1 Å². The first kappa shape index (κ1) is 13.6. The van der Waals surface area contributed by atoms with Crippen LogP contribution >= 0.6 is 11.8 Å². The van der Waals surface area contributed by atoms with Crippen LogP contribution in [0.15, 0.2) is 18.3 Å². The number of hydrogen-bond acceptors (Lipinski definition) is 4. The molecule has 4 rings (SSSR count). The van der Waals surface area contributed by atoms with E-state index in [0.717, 1.165) is 24.2 Å². The maximum atomic E-state index is 6.04. The van der Waals surface area contributed by atoms with E-state index in [4.69, 9.17) is 9.72 Å². The molecule has 2 aromatic rings. The third-order valence-corrected chi connectivity index (χ3v) is 5.66. The van der Waals surface area contributed by atoms with E-state index in [1.165, 1.54) is 43.0 Å². The summed E-state index contributed by atoms with van der Waals surface area (Å²) in [6, 6.07) is 4.04. The average Bonchev–Trinajstić information content (AvgIpc) is 2.96. The Morgan fingerprint density at radius 1 is 1.24 bits per heavy atom. The number of pyridine rings is 1. The van der Waals surface area contributed by atoms with E-state index in [1.54, 1.807) is 0 Å². The number of imidazole rings is 1. The molecule has 5 heteroatoms. The first-order chi connectivity index (χ1) is 10.4. The van der Waals surface area contributed by atoms with Gasteiger partial charge in [0.05, 0.1) is 0 Å². The maximum absolute atomic E-state index is 6.04. The fourth-order valence-corrected chi connectivity index (χ4v) is 4.53. The van der Waals surface area contributed by atoms with E-state index in [2.05, 4.69) is 15.6 Å². The van der Waals surface area contributed by atoms with Crippen molar-refractivity contribution in [1.29, 1.82) is 0 Å². The SMILES string of the molecule is c1cnc2c(c1)nc(C1CCCSC1)n2C1CCCCO1. The Morgan fingerprint density at radius 3 is 3.05 bits per heavy atom. The molecule has 112 valence electrons. The van der Waals surface area contributed by atoms with Gasteiger partial charge in [0, 0.05) is 24.5 Å². The lowest BCUT2D eigenvalue weighted by Gasteiger charge is -2.28. The molecule has 4 nitrogen and oxygen atoms in total. The molecule has 0 amide bonds. The molecule has 0 radical (unpaired) electrons. The van der Waals surface area contributed by atoms with E-state index in [-0.39, 0.29) is 6.23 Å². The molecule has 2 unspecified atom stereocenters. The Balaban J connectivity index is 1.79. The summed E-state index contributed by atoms with van der Waals surface area (Å²) >= 11 is 2.05. The Bertz CT molecular complexity index is 615. The second-order valence-electron chi connectivity index (χ2n) is 5.92. The number of aromatic nitrogens is 3. The van der Waals surface area contributed by atoms with Gasteiger partial charge >= 0.3 is 0 Å². The van der Waals surface area contributed by atoms with Gasteiger partial charge < -0.3 is 4.74 Å². The van der Waals surface area contributed by atoms with Crippen LogP contribution in [0.3, 0.4) is 0 Å². The lowest BCUT2D eigenvalue weighted by Crippen LogP contribution is -2.23. The Labute approximate surface area is 129 Å². The Kier molecular flexibility index (Phi) is 3.86. The van der Waals surface area contributed by atoms with Crippen LogP contribution in [0, 0.1) is 0 Å². The molecule has 0 N–H and O–H groups in total. The Morgan fingerprint density at radius 2 is 2.24 bits per heavy atom. The van der Waals surface area contributed by atoms with Crippen LogP contribution in [0.5, 0.6) is 0 Å². The van der Waals surface area contributed by atoms with Gasteiger partial charge in [-0.1, -0.05) is 0 Å². The summed E-state index contributed by atoms with van der Waals surface area (Å²) < 4.78 is 8.33. The second kappa shape index (κ2) is 5.97. The molecule has 2 fully saturated rings. The highest BCUT2D eigenvalue weighted by Crippen LogP contribution is 2.36. The van der Waals surface area contributed by atoms with Crippen molar-refractivity contribution in [2.45, 2.75) is 44.2 Å². The van der Waals surface area contributed by atoms with Crippen molar-refractivity contribution in [2.75, 3.05) is 18.1 Å². The van der Waals surface area contributed by atoms with Crippen molar-refractivity contribution in [3.8, 4) is 0 Å². The van der Waals surface area contributed by atoms with Gasteiger partial charge in [0.15, 0.2) is 5.65 Å². The largest absolute Gasteiger partial charge is 0.358 e. The van der Waals surface area contributed by atoms with Crippen molar-refractivity contribution >= 4 is 22.9 Å². The van der Waals surface area contributed by atoms with E-state index >= 15 is 0 Å². The quantitative estimate of drug-likeness (QED) is 0.847. The molecule has 21 heavy (non-hydrogen) atoms. The number of thioether (sulfide) groups is 1. The van der Waals surface area contributed by atoms with Crippen LogP contribution in [-0.4, -0.2) is 32.6 Å². The molecular formula is C16H21N3OS. The number of nitrogens with zero attached hydrogens (tertiary/aromatic N) is 3. The first-order valence-corrected chi connectivity index (χ1v) is 9.11. The van der Waals surface area contributed by atoms with Gasteiger partial charge in [0.1, 0.15) is 17.6 Å². The summed E-state index contributed by atoms with van der Waals surface area (Å²) in [5.74, 6) is 4.21. The van der Waals surface area contributed by atoms with Crippen LogP contribution in [0.4, 0.5) is 0 Å². The normalized spacial score (nSPS) is 27.0. The molecule has 0 saturated carbocycles. The molecule has 0 spiro atoms. The minimum Gasteiger partial charge on any atom is -0.358 e. The van der Waals surface area contributed by atoms with Gasteiger partial charge in [0.2, 0.25) is 0 Å². The number of rotatable bonds is 2. The lowest BCUT2D eigenvalue weighted by molar-refractivity contribution is -0.0318. The fourth-order valence-electron chi connectivity index (χ4n) is 3.39. The smallest absolute Gasteiger partial charge is 0.162 e. The molecule has 4 heterocycles. The van der Waals surface area contributed by atoms with E-state index in [0.29, 0.717) is 5.92 Å². The molecule has 0 bridgehead atoms. The molecular weight excluding hydrogens is 282 g/mol. The zero-order valence-corrected chi connectivity index (χ0v) is 13.0. The number of fused-ring (bicyclic) bond motifs is 1. The van der Waals surface area contributed by atoms with Crippen LogP contribution in [0.25, 0.3) is 11.2 Å². The van der Waals surface area contributed by atoms with Crippen LogP contribution in [-0.2, 0) is 4.74 Å². The highest BCUT2D eigenvalue weighted by atomic mass is 32.2. The minimum atomic E-state index is 0.126. The summed E-state index contributed by atoms with van der Waals surface area (Å²) in [4.78, 5) is 9.50. The highest BCUT2D eigenvalue weighted by Gasteiger charge is 2.28. The van der Waals surface area contributed by atoms with Crippen molar-refractivity contribution < 1.29 is 4.74 Å². The van der Waals surface area contributed by atoms with E-state index in [1.807, 2.05) is 24.0 Å². The summed E-state index contributed by atoms with van der Waals surface area (Å²) in [6.07, 6.45) is 8.00. The fraction of sp³-hybridized carbons (Fsp3) is 0.625. The Hall–Kier alpha value is -1.07. The third-order valence-electron chi connectivity index (χ3n) is 4.45. The molecule has 2 aromatic heterocycles. The van der Waals surface area contributed by atoms with Gasteiger partial charge in [-0.2, -0.15) is 11.8 Å². The molecule has 0 aromatic carbocycles. The zero-order valence-electron chi connectivity index (χ0n) is 12.2. The van der Waals surface area contributed by atoms with E-state index < -0.39 is 0 Å². The molecule has 0 aliphatic carbocycles. The number of hydrogen-bond donors (Lipinski definition) is 0. The predicted octanol–water partition coefficient (Wildman–Crippen LogP) is 3.74. The third kappa shape index (κ3) is 2.57. The van der Waals surface area contributed by atoms with Crippen molar-refractivity contribution in [1.82, 2.24) is 14.5 Å². The van der Waals surface area contributed by atoms with Gasteiger partial charge in [-0.3, -0.25) is 4.57 Å². The van der Waals surface area contributed by atoms with Gasteiger partial charge in [-0.15, -0.1) is 0 Å². The van der Waals surface area contributed by atoms with Crippen molar-refractivity contribution in [3.63, 3.8) is 0 Å². The highest BCUT2D eigenvalue weighted by molar-refractivity contribution is 7.99. The topological polar surface area (TPSA) is 39.9 Å². The molecule has 2 aliphatic heterocycles. The molecule has 2 saturated heterocycles. The zero-order chi connectivity index (χ0) is 14.1. The predicted molar refractivity (Wildman–Crippen MR) is 85.7 cm³/mol. The lowest BCUT2D eigenvalue weighted by atomic mass is 10.0. The number of ether oxygens (including phenoxy) is 1. The van der Waals surface area contributed by atoms with Crippen LogP contribution in [0.2, 0.25) is 0 Å². The van der Waals surface area contributed by atoms with E-state index in [9.17, 15) is 0 Å². The summed E-state index contributed by atoms with van der Waals surface area (Å²) in [6.45, 7) is 0.857. The van der Waals surface area contributed by atoms with Crippen molar-refractivity contribution in [2.24, 2.45) is 0 Å². The van der Waals surface area contributed by atoms with Gasteiger partial charge in [-0.05, 0) is 50.0 Å². The summed E-state index contributed by atoms with van der Waals surface area (Å²) in [7, 11) is 0. The summed E-state index contributed by atoms with van der Waals surface area (Å²) in [5, 5.41) is 0. The molecule has 2 aliphatic rings. The monoisotopic (exact) mass is 303 g/mol. The van der Waals surface area contributed by atoms with Crippen molar-refractivity contribution in [3.05, 3.63) is 24.2 Å². The van der Waals surface area contributed by atoms with Gasteiger partial charge in [-0.25, -0.2) is 9.97 Å². The summed E-state index contributed by atoms with van der Waals surface area (Å²) in [5.41, 5.74) is 2.01. The van der Waals surface area contributed by atoms with Gasteiger partial charge in [0.25, 0.3) is 0 Å². The standard InChI is InChI=1S/C16H21N3OS/c1-2-9-20-14(7-1)19-15(12-5-4-10-21-11-12)18-13-6-3-8-17-16(13)19/h3,6,8,12,14H,1-2,4-5,7,9-11H2. The second-order valence-corrected chi connectivity index (χ2v) is 7.07. The van der Waals surface area contributed by atoms with Crippen LogP contribution < -0.4 is 0 Å². The minimum absolute atomic E-state index is 0.126. The first-order valence-electron chi connectivity index (χ1n) is 7.95. The average molecular weight is 303 g/mol. The maximum Gasteiger partial charge on any atom is 0.162 e.